The first kappa shape index (κ1) is 26.8. The van der Waals surface area contributed by atoms with Gasteiger partial charge in [-0.25, -0.2) is 0 Å². The van der Waals surface area contributed by atoms with E-state index in [4.69, 9.17) is 11.6 Å². The number of hydrogen-bond donors (Lipinski definition) is 2. The van der Waals surface area contributed by atoms with E-state index in [1.807, 2.05) is 12.1 Å². The molecule has 1 aliphatic rings. The van der Waals surface area contributed by atoms with Gasteiger partial charge in [-0.1, -0.05) is 164 Å². The summed E-state index contributed by atoms with van der Waals surface area (Å²) in [5.74, 6) is 5.70. The molecule has 42 heavy (non-hydrogen) atoms. The molecule has 0 aliphatic heterocycles. The number of rotatable bonds is 5. The SMILES string of the molecule is N/N=C(\N)c1ccc(C2(c3ccccc3)c3ccccc3-c3ccccc32)cc1.c1ccc(Cc2ccccc2)cc1. The largest absolute Gasteiger partial charge is 0.382 e. The van der Waals surface area contributed by atoms with Gasteiger partial charge in [-0.15, -0.1) is 0 Å². The average Bonchev–Trinajstić information content (AvgIpc) is 3.37. The molecule has 0 saturated carbocycles. The van der Waals surface area contributed by atoms with Gasteiger partial charge >= 0.3 is 0 Å². The van der Waals surface area contributed by atoms with Gasteiger partial charge in [0.2, 0.25) is 0 Å². The van der Waals surface area contributed by atoms with E-state index in [-0.39, 0.29) is 5.41 Å². The maximum atomic E-state index is 5.92. The molecule has 0 saturated heterocycles. The molecule has 7 rings (SSSR count). The molecule has 3 heteroatoms. The highest BCUT2D eigenvalue weighted by Crippen LogP contribution is 2.55. The van der Waals surface area contributed by atoms with Crippen LogP contribution in [-0.2, 0) is 11.8 Å². The van der Waals surface area contributed by atoms with Crippen molar-refractivity contribution < 1.29 is 0 Å². The molecular formula is C39H33N3. The molecule has 3 nitrogen and oxygen atoms in total. The second-order valence-corrected chi connectivity index (χ2v) is 10.4. The van der Waals surface area contributed by atoms with Crippen molar-refractivity contribution in [3.8, 4) is 11.1 Å². The molecule has 0 heterocycles. The summed E-state index contributed by atoms with van der Waals surface area (Å²) < 4.78 is 0. The Hall–Kier alpha value is -5.41. The highest BCUT2D eigenvalue weighted by Gasteiger charge is 2.45. The standard InChI is InChI=1S/C26H21N3.C13H12/c27-25(29-28)18-14-16-20(17-15-18)26(19-8-2-1-3-9-19)23-12-6-4-10-21(23)22-11-5-7-13-24(22)26;1-3-7-12(8-4-1)11-13-9-5-2-6-10-13/h1-17H,28H2,(H2,27,29);1-10H,11H2. The number of nitrogens with zero attached hydrogens (tertiary/aromatic N) is 1. The van der Waals surface area contributed by atoms with Crippen LogP contribution < -0.4 is 11.6 Å². The van der Waals surface area contributed by atoms with E-state index in [1.54, 1.807) is 0 Å². The topological polar surface area (TPSA) is 64.4 Å². The summed E-state index contributed by atoms with van der Waals surface area (Å²) in [7, 11) is 0. The summed E-state index contributed by atoms with van der Waals surface area (Å²) >= 11 is 0. The molecule has 0 unspecified atom stereocenters. The molecule has 0 bridgehead atoms. The summed E-state index contributed by atoms with van der Waals surface area (Å²) in [6.07, 6.45) is 1.03. The third kappa shape index (κ3) is 4.97. The quantitative estimate of drug-likeness (QED) is 0.100. The lowest BCUT2D eigenvalue weighted by molar-refractivity contribution is 0.768. The van der Waals surface area contributed by atoms with E-state index >= 15 is 0 Å². The van der Waals surface area contributed by atoms with Gasteiger partial charge in [0.15, 0.2) is 0 Å². The fourth-order valence-corrected chi connectivity index (χ4v) is 6.10. The first-order valence-electron chi connectivity index (χ1n) is 14.2. The highest BCUT2D eigenvalue weighted by atomic mass is 15.1. The van der Waals surface area contributed by atoms with Crippen molar-refractivity contribution in [1.82, 2.24) is 0 Å². The zero-order valence-electron chi connectivity index (χ0n) is 23.4. The summed E-state index contributed by atoms with van der Waals surface area (Å²) in [4.78, 5) is 0. The number of hydrogen-bond acceptors (Lipinski definition) is 2. The van der Waals surface area contributed by atoms with Crippen LogP contribution in [0.5, 0.6) is 0 Å². The first-order chi connectivity index (χ1) is 20.7. The molecule has 0 amide bonds. The van der Waals surface area contributed by atoms with Crippen molar-refractivity contribution in [2.45, 2.75) is 11.8 Å². The average molecular weight is 544 g/mol. The van der Waals surface area contributed by atoms with Gasteiger partial charge in [0, 0.05) is 5.56 Å². The maximum absolute atomic E-state index is 5.92. The number of fused-ring (bicyclic) bond motifs is 3. The second kappa shape index (κ2) is 12.0. The van der Waals surface area contributed by atoms with Crippen molar-refractivity contribution in [2.75, 3.05) is 0 Å². The van der Waals surface area contributed by atoms with Crippen LogP contribution in [-0.4, -0.2) is 5.84 Å². The smallest absolute Gasteiger partial charge is 0.150 e. The number of nitrogens with two attached hydrogens (primary N) is 2. The number of amidine groups is 1. The van der Waals surface area contributed by atoms with Gasteiger partial charge < -0.3 is 11.6 Å². The van der Waals surface area contributed by atoms with Crippen LogP contribution in [0, 0.1) is 0 Å². The normalized spacial score (nSPS) is 12.9. The zero-order valence-corrected chi connectivity index (χ0v) is 23.4. The number of benzene rings is 6. The van der Waals surface area contributed by atoms with Gasteiger partial charge in [0.25, 0.3) is 0 Å². The van der Waals surface area contributed by atoms with Crippen LogP contribution in [0.2, 0.25) is 0 Å². The van der Waals surface area contributed by atoms with Crippen LogP contribution in [0.1, 0.15) is 38.9 Å². The van der Waals surface area contributed by atoms with Gasteiger partial charge in [0.1, 0.15) is 5.84 Å². The van der Waals surface area contributed by atoms with E-state index < -0.39 is 0 Å². The molecule has 0 radical (unpaired) electrons. The Kier molecular flexibility index (Phi) is 7.65. The van der Waals surface area contributed by atoms with E-state index in [9.17, 15) is 0 Å². The van der Waals surface area contributed by atoms with Crippen LogP contribution in [0.25, 0.3) is 11.1 Å². The van der Waals surface area contributed by atoms with Crippen molar-refractivity contribution >= 4 is 5.84 Å². The van der Waals surface area contributed by atoms with Crippen LogP contribution in [0.4, 0.5) is 0 Å². The molecular weight excluding hydrogens is 510 g/mol. The Bertz CT molecular complexity index is 1710. The van der Waals surface area contributed by atoms with E-state index in [1.165, 1.54) is 44.5 Å². The third-order valence-corrected chi connectivity index (χ3v) is 8.01. The number of hydrazone groups is 1. The maximum Gasteiger partial charge on any atom is 0.150 e. The fourth-order valence-electron chi connectivity index (χ4n) is 6.10. The summed E-state index contributed by atoms with van der Waals surface area (Å²) in [5, 5.41) is 3.63. The summed E-state index contributed by atoms with van der Waals surface area (Å²) in [6, 6.07) is 57.4. The predicted octanol–water partition coefficient (Wildman–Crippen LogP) is 7.91. The molecule has 1 aliphatic carbocycles. The van der Waals surface area contributed by atoms with E-state index in [2.05, 4.69) is 157 Å². The van der Waals surface area contributed by atoms with Crippen molar-refractivity contribution in [3.05, 3.63) is 203 Å². The van der Waals surface area contributed by atoms with Crippen molar-refractivity contribution in [1.29, 1.82) is 0 Å². The fraction of sp³-hybridized carbons (Fsp3) is 0.0513. The minimum Gasteiger partial charge on any atom is -0.382 e. The molecule has 0 fully saturated rings. The first-order valence-corrected chi connectivity index (χ1v) is 14.2. The molecule has 204 valence electrons. The molecule has 0 aromatic heterocycles. The van der Waals surface area contributed by atoms with E-state index in [0.717, 1.165) is 12.0 Å². The van der Waals surface area contributed by atoms with Crippen LogP contribution in [0.3, 0.4) is 0 Å². The minimum atomic E-state index is -0.387. The summed E-state index contributed by atoms with van der Waals surface area (Å²) in [5.41, 5.74) is 16.7. The van der Waals surface area contributed by atoms with Gasteiger partial charge in [-0.2, -0.15) is 5.10 Å². The van der Waals surface area contributed by atoms with Gasteiger partial charge in [-0.3, -0.25) is 0 Å². The van der Waals surface area contributed by atoms with Crippen molar-refractivity contribution in [2.24, 2.45) is 16.7 Å². The third-order valence-electron chi connectivity index (χ3n) is 8.01. The Morgan fingerprint density at radius 2 is 0.881 bits per heavy atom. The Balaban J connectivity index is 0.000000203. The highest BCUT2D eigenvalue weighted by molar-refractivity contribution is 5.97. The lowest BCUT2D eigenvalue weighted by atomic mass is 9.67. The molecule has 6 aromatic rings. The molecule has 6 aromatic carbocycles. The lowest BCUT2D eigenvalue weighted by Gasteiger charge is -2.34. The Morgan fingerprint density at radius 3 is 1.36 bits per heavy atom. The zero-order chi connectivity index (χ0) is 28.8. The lowest BCUT2D eigenvalue weighted by Crippen LogP contribution is -2.28. The van der Waals surface area contributed by atoms with Crippen molar-refractivity contribution in [3.63, 3.8) is 0 Å². The molecule has 4 N–H and O–H groups in total. The second-order valence-electron chi connectivity index (χ2n) is 10.4. The van der Waals surface area contributed by atoms with E-state index in [0.29, 0.717) is 5.84 Å². The molecule has 0 atom stereocenters. The Morgan fingerprint density at radius 1 is 0.476 bits per heavy atom. The Labute approximate surface area is 247 Å². The van der Waals surface area contributed by atoms with Crippen LogP contribution in [0.15, 0.2) is 169 Å². The minimum absolute atomic E-state index is 0.331. The molecule has 0 spiro atoms. The predicted molar refractivity (Wildman–Crippen MR) is 174 cm³/mol. The van der Waals surface area contributed by atoms with Gasteiger partial charge in [-0.05, 0) is 50.9 Å². The van der Waals surface area contributed by atoms with Crippen LogP contribution >= 0.6 is 0 Å². The monoisotopic (exact) mass is 543 g/mol. The van der Waals surface area contributed by atoms with Gasteiger partial charge in [0.05, 0.1) is 5.41 Å². The summed E-state index contributed by atoms with van der Waals surface area (Å²) in [6.45, 7) is 0.